The van der Waals surface area contributed by atoms with Crippen LogP contribution in [0.4, 0.5) is 0 Å². The molecular weight excluding hydrogens is 253 g/mol. The van der Waals surface area contributed by atoms with Crippen LogP contribution in [0.15, 0.2) is 18.2 Å². The van der Waals surface area contributed by atoms with E-state index in [9.17, 15) is 0 Å². The molecule has 0 aliphatic heterocycles. The molecule has 1 aromatic carbocycles. The van der Waals surface area contributed by atoms with Crippen LogP contribution in [0.2, 0.25) is 10.0 Å². The number of halogens is 2. The molecule has 2 rings (SSSR count). The van der Waals surface area contributed by atoms with Gasteiger partial charge in [-0.05, 0) is 49.8 Å². The molecule has 0 radical (unpaired) electrons. The zero-order chi connectivity index (χ0) is 12.4. The normalized spacial score (nSPS) is 19.1. The summed E-state index contributed by atoms with van der Waals surface area (Å²) in [7, 11) is 0. The minimum absolute atomic E-state index is 0.329. The zero-order valence-corrected chi connectivity index (χ0v) is 11.9. The molecule has 94 valence electrons. The molecule has 1 fully saturated rings. The van der Waals surface area contributed by atoms with Crippen LogP contribution < -0.4 is 5.32 Å². The maximum Gasteiger partial charge on any atom is 0.0468 e. The van der Waals surface area contributed by atoms with E-state index in [0.717, 1.165) is 22.9 Å². The second kappa shape index (κ2) is 5.60. The lowest BCUT2D eigenvalue weighted by molar-refractivity contribution is 0.414. The van der Waals surface area contributed by atoms with Crippen molar-refractivity contribution in [3.8, 4) is 0 Å². The van der Waals surface area contributed by atoms with E-state index in [1.165, 1.54) is 12.8 Å². The van der Waals surface area contributed by atoms with E-state index >= 15 is 0 Å². The van der Waals surface area contributed by atoms with Gasteiger partial charge in [0.05, 0.1) is 0 Å². The Morgan fingerprint density at radius 1 is 1.35 bits per heavy atom. The molecule has 0 amide bonds. The Kier molecular flexibility index (Phi) is 4.35. The van der Waals surface area contributed by atoms with Gasteiger partial charge >= 0.3 is 0 Å². The highest BCUT2D eigenvalue weighted by Crippen LogP contribution is 2.35. The Balaban J connectivity index is 2.10. The molecule has 2 unspecified atom stereocenters. The molecule has 1 nitrogen and oxygen atoms in total. The van der Waals surface area contributed by atoms with Crippen molar-refractivity contribution in [2.45, 2.75) is 45.2 Å². The summed E-state index contributed by atoms with van der Waals surface area (Å²) in [4.78, 5) is 0. The van der Waals surface area contributed by atoms with Crippen molar-refractivity contribution >= 4 is 23.2 Å². The SMILES string of the molecule is CCC(NC(C)C1CC1)c1ccc(Cl)cc1Cl. The lowest BCUT2D eigenvalue weighted by atomic mass is 10.0. The van der Waals surface area contributed by atoms with Crippen LogP contribution in [-0.2, 0) is 0 Å². The van der Waals surface area contributed by atoms with Crippen LogP contribution in [-0.4, -0.2) is 6.04 Å². The number of nitrogens with one attached hydrogen (secondary N) is 1. The molecule has 0 saturated heterocycles. The summed E-state index contributed by atoms with van der Waals surface area (Å²) in [5.74, 6) is 0.857. The van der Waals surface area contributed by atoms with Crippen molar-refractivity contribution in [3.63, 3.8) is 0 Å². The van der Waals surface area contributed by atoms with Crippen LogP contribution >= 0.6 is 23.2 Å². The van der Waals surface area contributed by atoms with E-state index in [4.69, 9.17) is 23.2 Å². The summed E-state index contributed by atoms with van der Waals surface area (Å²) in [6.45, 7) is 4.45. The monoisotopic (exact) mass is 271 g/mol. The van der Waals surface area contributed by atoms with Crippen LogP contribution in [0.3, 0.4) is 0 Å². The first-order valence-electron chi connectivity index (χ1n) is 6.32. The molecule has 2 atom stereocenters. The highest BCUT2D eigenvalue weighted by molar-refractivity contribution is 6.35. The molecule has 0 heterocycles. The van der Waals surface area contributed by atoms with E-state index < -0.39 is 0 Å². The Labute approximate surface area is 114 Å². The van der Waals surface area contributed by atoms with Gasteiger partial charge in [-0.15, -0.1) is 0 Å². The van der Waals surface area contributed by atoms with Gasteiger partial charge in [0.2, 0.25) is 0 Å². The smallest absolute Gasteiger partial charge is 0.0468 e. The van der Waals surface area contributed by atoms with Crippen LogP contribution in [0, 0.1) is 5.92 Å². The standard InChI is InChI=1S/C14H19Cl2N/c1-3-14(17-9(2)10-4-5-10)12-7-6-11(15)8-13(12)16/h6-10,14,17H,3-5H2,1-2H3. The van der Waals surface area contributed by atoms with Gasteiger partial charge in [-0.1, -0.05) is 36.2 Å². The van der Waals surface area contributed by atoms with E-state index in [0.29, 0.717) is 17.1 Å². The maximum absolute atomic E-state index is 6.26. The van der Waals surface area contributed by atoms with Gasteiger partial charge in [-0.25, -0.2) is 0 Å². The number of hydrogen-bond acceptors (Lipinski definition) is 1. The molecular formula is C14H19Cl2N. The minimum atomic E-state index is 0.329. The highest BCUT2D eigenvalue weighted by atomic mass is 35.5. The summed E-state index contributed by atoms with van der Waals surface area (Å²) in [5.41, 5.74) is 1.16. The van der Waals surface area contributed by atoms with Gasteiger partial charge in [0.15, 0.2) is 0 Å². The number of rotatable bonds is 5. The van der Waals surface area contributed by atoms with Crippen molar-refractivity contribution in [2.24, 2.45) is 5.92 Å². The Morgan fingerprint density at radius 3 is 2.59 bits per heavy atom. The van der Waals surface area contributed by atoms with Crippen molar-refractivity contribution in [1.82, 2.24) is 5.32 Å². The summed E-state index contributed by atoms with van der Waals surface area (Å²) in [6, 6.07) is 6.67. The Morgan fingerprint density at radius 2 is 2.06 bits per heavy atom. The summed E-state index contributed by atoms with van der Waals surface area (Å²) < 4.78 is 0. The lowest BCUT2D eigenvalue weighted by Crippen LogP contribution is -2.31. The van der Waals surface area contributed by atoms with Gasteiger partial charge in [-0.3, -0.25) is 0 Å². The van der Waals surface area contributed by atoms with Crippen molar-refractivity contribution in [1.29, 1.82) is 0 Å². The molecule has 1 aliphatic rings. The first-order valence-corrected chi connectivity index (χ1v) is 7.08. The van der Waals surface area contributed by atoms with E-state index in [1.54, 1.807) is 0 Å². The van der Waals surface area contributed by atoms with Crippen molar-refractivity contribution in [2.75, 3.05) is 0 Å². The average Bonchev–Trinajstić information content (AvgIpc) is 3.10. The quantitative estimate of drug-likeness (QED) is 0.809. The predicted molar refractivity (Wildman–Crippen MR) is 74.8 cm³/mol. The van der Waals surface area contributed by atoms with Gasteiger partial charge in [0.25, 0.3) is 0 Å². The van der Waals surface area contributed by atoms with Crippen molar-refractivity contribution < 1.29 is 0 Å². The molecule has 1 aliphatic carbocycles. The Hall–Kier alpha value is -0.240. The number of benzene rings is 1. The highest BCUT2D eigenvalue weighted by Gasteiger charge is 2.29. The fraction of sp³-hybridized carbons (Fsp3) is 0.571. The van der Waals surface area contributed by atoms with Crippen LogP contribution in [0.5, 0.6) is 0 Å². The minimum Gasteiger partial charge on any atom is -0.307 e. The third-order valence-corrected chi connectivity index (χ3v) is 4.10. The van der Waals surface area contributed by atoms with Crippen LogP contribution in [0.1, 0.15) is 44.7 Å². The molecule has 0 aromatic heterocycles. The third kappa shape index (κ3) is 3.37. The second-order valence-corrected chi connectivity index (χ2v) is 5.76. The van der Waals surface area contributed by atoms with Gasteiger partial charge in [-0.2, -0.15) is 0 Å². The molecule has 1 aromatic rings. The first-order chi connectivity index (χ1) is 8.11. The predicted octanol–water partition coefficient (Wildman–Crippen LogP) is 4.83. The molecule has 1 saturated carbocycles. The number of hydrogen-bond donors (Lipinski definition) is 1. The van der Waals surface area contributed by atoms with Gasteiger partial charge in [0.1, 0.15) is 0 Å². The van der Waals surface area contributed by atoms with E-state index in [2.05, 4.69) is 19.2 Å². The summed E-state index contributed by atoms with van der Waals surface area (Å²) >= 11 is 12.2. The summed E-state index contributed by atoms with van der Waals surface area (Å²) in [5, 5.41) is 5.14. The molecule has 0 bridgehead atoms. The fourth-order valence-corrected chi connectivity index (χ4v) is 2.80. The lowest BCUT2D eigenvalue weighted by Gasteiger charge is -2.23. The van der Waals surface area contributed by atoms with Crippen molar-refractivity contribution in [3.05, 3.63) is 33.8 Å². The van der Waals surface area contributed by atoms with Crippen LogP contribution in [0.25, 0.3) is 0 Å². The largest absolute Gasteiger partial charge is 0.307 e. The third-order valence-electron chi connectivity index (χ3n) is 3.54. The molecule has 0 spiro atoms. The Bertz CT molecular complexity index is 388. The summed E-state index contributed by atoms with van der Waals surface area (Å²) in [6.07, 6.45) is 3.76. The zero-order valence-electron chi connectivity index (χ0n) is 10.3. The van der Waals surface area contributed by atoms with E-state index in [-0.39, 0.29) is 0 Å². The fourth-order valence-electron chi connectivity index (χ4n) is 2.26. The topological polar surface area (TPSA) is 12.0 Å². The second-order valence-electron chi connectivity index (χ2n) is 4.92. The maximum atomic E-state index is 6.26. The molecule has 3 heteroatoms. The first kappa shape index (κ1) is 13.2. The average molecular weight is 272 g/mol. The van der Waals surface area contributed by atoms with Gasteiger partial charge < -0.3 is 5.32 Å². The van der Waals surface area contributed by atoms with Gasteiger partial charge in [0, 0.05) is 22.1 Å². The molecule has 1 N–H and O–H groups in total. The van der Waals surface area contributed by atoms with E-state index in [1.807, 2.05) is 18.2 Å². The molecule has 17 heavy (non-hydrogen) atoms.